The number of hydrogen-bond donors (Lipinski definition) is 2. The molecule has 2 N–H and O–H groups in total. The summed E-state index contributed by atoms with van der Waals surface area (Å²) in [5, 5.41) is 29.7. The van der Waals surface area contributed by atoms with Gasteiger partial charge < -0.3 is 20.4 Å². The van der Waals surface area contributed by atoms with Crippen molar-refractivity contribution in [3.05, 3.63) is 48.7 Å². The van der Waals surface area contributed by atoms with E-state index in [0.717, 1.165) is 55.1 Å². The number of aromatic nitrogens is 7. The number of carbonyl (C=O) groups is 2. The molecule has 0 spiro atoms. The lowest BCUT2D eigenvalue weighted by molar-refractivity contribution is -0.133. The molecule has 2 amide bonds. The highest BCUT2D eigenvalue weighted by Crippen LogP contribution is 2.51. The maximum atomic E-state index is 13.2. The van der Waals surface area contributed by atoms with E-state index in [2.05, 4.69) is 68.8 Å². The molecule has 2 aliphatic carbocycles. The van der Waals surface area contributed by atoms with E-state index in [0.29, 0.717) is 62.8 Å². The first-order valence-corrected chi connectivity index (χ1v) is 20.2. The van der Waals surface area contributed by atoms with Crippen LogP contribution in [0.25, 0.3) is 5.65 Å². The van der Waals surface area contributed by atoms with Crippen molar-refractivity contribution in [2.75, 3.05) is 62.6 Å². The molecule has 0 aromatic carbocycles. The second-order valence-electron chi connectivity index (χ2n) is 17.2. The SMILES string of the molecule is CCc1cnn(C2(CC#N)CN(c3cccn4nc(Nc5cnn(CC(=O)N6CCN(CCNC(=O)CC7(C)CC8CC(C)CC(C8)C7)CC6)c5)nc34)C2)c1. The minimum Gasteiger partial charge on any atom is -0.363 e. The molecule has 292 valence electrons. The summed E-state index contributed by atoms with van der Waals surface area (Å²) in [6.45, 7) is 12.6. The van der Waals surface area contributed by atoms with E-state index in [1.54, 1.807) is 21.6 Å². The first-order chi connectivity index (χ1) is 26.6. The first kappa shape index (κ1) is 37.0. The lowest BCUT2D eigenvalue weighted by Crippen LogP contribution is -2.63. The van der Waals surface area contributed by atoms with Crippen molar-refractivity contribution in [3.8, 4) is 6.07 Å². The minimum atomic E-state index is -0.375. The van der Waals surface area contributed by atoms with Gasteiger partial charge in [0.25, 0.3) is 0 Å². The second-order valence-corrected chi connectivity index (χ2v) is 17.2. The zero-order valence-electron chi connectivity index (χ0n) is 32.5. The summed E-state index contributed by atoms with van der Waals surface area (Å²) in [6.07, 6.45) is 17.6. The summed E-state index contributed by atoms with van der Waals surface area (Å²) in [7, 11) is 0. The van der Waals surface area contributed by atoms with E-state index in [1.807, 2.05) is 34.1 Å². The van der Waals surface area contributed by atoms with E-state index in [-0.39, 0.29) is 29.3 Å². The van der Waals surface area contributed by atoms with Crippen molar-refractivity contribution in [1.82, 2.24) is 49.3 Å². The summed E-state index contributed by atoms with van der Waals surface area (Å²) in [4.78, 5) is 37.4. The molecule has 2 aliphatic heterocycles. The van der Waals surface area contributed by atoms with Crippen LogP contribution in [0, 0.1) is 34.5 Å². The number of fused-ring (bicyclic) bond motifs is 3. The highest BCUT2D eigenvalue weighted by Gasteiger charge is 2.46. The zero-order chi connectivity index (χ0) is 38.2. The quantitative estimate of drug-likeness (QED) is 0.204. The number of anilines is 3. The Labute approximate surface area is 323 Å². The Morgan fingerprint density at radius 1 is 1.04 bits per heavy atom. The zero-order valence-corrected chi connectivity index (χ0v) is 32.5. The van der Waals surface area contributed by atoms with Gasteiger partial charge in [-0.05, 0) is 79.4 Å². The number of nitriles is 1. The highest BCUT2D eigenvalue weighted by atomic mass is 16.2. The Morgan fingerprint density at radius 3 is 2.55 bits per heavy atom. The van der Waals surface area contributed by atoms with E-state index in [4.69, 9.17) is 4.98 Å². The van der Waals surface area contributed by atoms with Crippen molar-refractivity contribution in [2.45, 2.75) is 84.2 Å². The number of nitrogens with zero attached hydrogens (tertiary/aromatic N) is 11. The largest absolute Gasteiger partial charge is 0.363 e. The lowest BCUT2D eigenvalue weighted by Gasteiger charge is -2.50. The normalized spacial score (nSPS) is 25.0. The van der Waals surface area contributed by atoms with Crippen LogP contribution in [0.5, 0.6) is 0 Å². The van der Waals surface area contributed by atoms with Crippen LogP contribution in [0.4, 0.5) is 17.3 Å². The average molecular weight is 750 g/mol. The summed E-state index contributed by atoms with van der Waals surface area (Å²) in [5.74, 6) is 3.06. The predicted octanol–water partition coefficient (Wildman–Crippen LogP) is 4.06. The Bertz CT molecular complexity index is 2010. The predicted molar refractivity (Wildman–Crippen MR) is 209 cm³/mol. The van der Waals surface area contributed by atoms with E-state index < -0.39 is 0 Å². The standard InChI is InChI=1S/C40H55N13O2/c1-4-30-22-44-53(24-30)40(7-8-41)27-50(28-40)34-6-5-10-52-37(34)46-38(47-52)45-33-23-43-51(25-33)26-36(55)49-14-12-48(13-15-49)11-9-42-35(54)21-39(3)19-31-16-29(2)17-32(18-31)20-39/h5-6,10,22-25,29,31-32H,4,7,9,11-21,26-28H2,1-3H3,(H,42,54)(H,45,47). The maximum absolute atomic E-state index is 13.2. The summed E-state index contributed by atoms with van der Waals surface area (Å²) in [6, 6.07) is 6.32. The Morgan fingerprint density at radius 2 is 1.82 bits per heavy atom. The van der Waals surface area contributed by atoms with Gasteiger partial charge in [-0.1, -0.05) is 20.8 Å². The van der Waals surface area contributed by atoms with Crippen LogP contribution < -0.4 is 15.5 Å². The van der Waals surface area contributed by atoms with Gasteiger partial charge in [0, 0.05) is 77.4 Å². The third-order valence-corrected chi connectivity index (χ3v) is 12.5. The Balaban J connectivity index is 0.782. The summed E-state index contributed by atoms with van der Waals surface area (Å²) < 4.78 is 5.34. The fraction of sp³-hybridized carbons (Fsp3) is 0.625. The molecule has 4 aromatic heterocycles. The van der Waals surface area contributed by atoms with Crippen molar-refractivity contribution in [2.24, 2.45) is 23.2 Å². The van der Waals surface area contributed by atoms with Gasteiger partial charge >= 0.3 is 0 Å². The molecule has 0 radical (unpaired) electrons. The monoisotopic (exact) mass is 749 g/mol. The van der Waals surface area contributed by atoms with Crippen LogP contribution >= 0.6 is 0 Å². The fourth-order valence-electron chi connectivity index (χ4n) is 10.1. The van der Waals surface area contributed by atoms with E-state index in [9.17, 15) is 14.9 Å². The number of hydrogen-bond acceptors (Lipinski definition) is 10. The molecule has 4 aliphatic rings. The van der Waals surface area contributed by atoms with Crippen molar-refractivity contribution in [3.63, 3.8) is 0 Å². The lowest BCUT2D eigenvalue weighted by atomic mass is 9.58. The van der Waals surface area contributed by atoms with Crippen molar-refractivity contribution >= 4 is 34.8 Å². The van der Waals surface area contributed by atoms with E-state index in [1.165, 1.54) is 32.1 Å². The summed E-state index contributed by atoms with van der Waals surface area (Å²) >= 11 is 0. The topological polar surface area (TPSA) is 158 Å². The van der Waals surface area contributed by atoms with Crippen molar-refractivity contribution < 1.29 is 9.59 Å². The molecule has 2 saturated heterocycles. The molecule has 4 aromatic rings. The molecule has 15 heteroatoms. The van der Waals surface area contributed by atoms with Gasteiger partial charge in [-0.15, -0.1) is 5.10 Å². The molecule has 2 unspecified atom stereocenters. The number of rotatable bonds is 13. The number of carbonyl (C=O) groups excluding carboxylic acids is 2. The van der Waals surface area contributed by atoms with Crippen LogP contribution in [0.15, 0.2) is 43.1 Å². The van der Waals surface area contributed by atoms with Gasteiger partial charge in [-0.25, -0.2) is 4.52 Å². The number of amides is 2. The van der Waals surface area contributed by atoms with Crippen LogP contribution in [-0.2, 0) is 28.1 Å². The van der Waals surface area contributed by atoms with Gasteiger partial charge in [-0.2, -0.15) is 20.4 Å². The number of pyridine rings is 1. The highest BCUT2D eigenvalue weighted by molar-refractivity contribution is 5.77. The molecule has 55 heavy (non-hydrogen) atoms. The third-order valence-electron chi connectivity index (χ3n) is 12.5. The van der Waals surface area contributed by atoms with Crippen LogP contribution in [0.1, 0.15) is 71.3 Å². The number of piperazine rings is 1. The van der Waals surface area contributed by atoms with Crippen LogP contribution in [0.2, 0.25) is 0 Å². The smallest absolute Gasteiger partial charge is 0.247 e. The molecular formula is C40H55N13O2. The number of aryl methyl sites for hydroxylation is 1. The molecule has 4 fully saturated rings. The van der Waals surface area contributed by atoms with Gasteiger partial charge in [0.2, 0.25) is 17.8 Å². The summed E-state index contributed by atoms with van der Waals surface area (Å²) in [5.41, 5.74) is 3.25. The molecule has 2 saturated carbocycles. The third kappa shape index (κ3) is 8.06. The average Bonchev–Trinajstić information content (AvgIpc) is 3.89. The first-order valence-electron chi connectivity index (χ1n) is 20.2. The van der Waals surface area contributed by atoms with Crippen LogP contribution in [0.3, 0.4) is 0 Å². The molecule has 15 nitrogen and oxygen atoms in total. The molecule has 2 atom stereocenters. The van der Waals surface area contributed by atoms with Gasteiger partial charge in [0.05, 0.1) is 36.3 Å². The number of nitrogens with one attached hydrogen (secondary N) is 2. The van der Waals surface area contributed by atoms with Gasteiger partial charge in [0.1, 0.15) is 12.1 Å². The van der Waals surface area contributed by atoms with E-state index >= 15 is 0 Å². The van der Waals surface area contributed by atoms with Gasteiger partial charge in [-0.3, -0.25) is 23.9 Å². The second kappa shape index (κ2) is 15.3. The minimum absolute atomic E-state index is 0.0287. The Kier molecular flexibility index (Phi) is 10.3. The fourth-order valence-corrected chi connectivity index (χ4v) is 10.1. The Hall–Kier alpha value is -4.97. The van der Waals surface area contributed by atoms with Crippen LogP contribution in [-0.4, -0.2) is 108 Å². The maximum Gasteiger partial charge on any atom is 0.247 e. The molecule has 6 heterocycles. The molecule has 8 rings (SSSR count). The van der Waals surface area contributed by atoms with Crippen molar-refractivity contribution in [1.29, 1.82) is 5.26 Å². The molecular weight excluding hydrogens is 695 g/mol. The van der Waals surface area contributed by atoms with Gasteiger partial charge in [0.15, 0.2) is 5.65 Å². The molecule has 2 bridgehead atoms.